The Balaban J connectivity index is 2.05. The Morgan fingerprint density at radius 3 is 2.50 bits per heavy atom. The van der Waals surface area contributed by atoms with Crippen LogP contribution in [0.2, 0.25) is 0 Å². The third-order valence-electron chi connectivity index (χ3n) is 4.36. The standard InChI is InChI=1S/C17H25NO2/c1-13-6-8-16(9-7-13)18(11-10-17(19)20)14(2)12-15-4-3-5-15/h6-9,14-15H,3-5,10-12H2,1-2H3,(H,19,20). The molecule has 3 nitrogen and oxygen atoms in total. The van der Waals surface area contributed by atoms with Crippen molar-refractivity contribution in [3.63, 3.8) is 0 Å². The largest absolute Gasteiger partial charge is 0.481 e. The Morgan fingerprint density at radius 2 is 2.00 bits per heavy atom. The molecule has 0 radical (unpaired) electrons. The number of nitrogens with zero attached hydrogens (tertiary/aromatic N) is 1. The van der Waals surface area contributed by atoms with Crippen LogP contribution in [0.4, 0.5) is 5.69 Å². The Labute approximate surface area is 121 Å². The van der Waals surface area contributed by atoms with E-state index in [0.717, 1.165) is 11.6 Å². The van der Waals surface area contributed by atoms with E-state index < -0.39 is 5.97 Å². The van der Waals surface area contributed by atoms with E-state index >= 15 is 0 Å². The van der Waals surface area contributed by atoms with Crippen molar-refractivity contribution >= 4 is 11.7 Å². The summed E-state index contributed by atoms with van der Waals surface area (Å²) in [5, 5.41) is 8.95. The fourth-order valence-electron chi connectivity index (χ4n) is 2.89. The highest BCUT2D eigenvalue weighted by Crippen LogP contribution is 2.32. The molecule has 1 atom stereocenters. The van der Waals surface area contributed by atoms with Gasteiger partial charge in [0.05, 0.1) is 6.42 Å². The Hall–Kier alpha value is -1.51. The summed E-state index contributed by atoms with van der Waals surface area (Å²) in [6.07, 6.45) is 5.41. The molecule has 0 heterocycles. The van der Waals surface area contributed by atoms with Crippen molar-refractivity contribution in [1.29, 1.82) is 0 Å². The van der Waals surface area contributed by atoms with Gasteiger partial charge in [-0.2, -0.15) is 0 Å². The number of hydrogen-bond donors (Lipinski definition) is 1. The van der Waals surface area contributed by atoms with Crippen molar-refractivity contribution in [1.82, 2.24) is 0 Å². The molecule has 1 unspecified atom stereocenters. The minimum Gasteiger partial charge on any atom is -0.481 e. The molecule has 110 valence electrons. The Bertz CT molecular complexity index is 437. The van der Waals surface area contributed by atoms with Gasteiger partial charge in [0.25, 0.3) is 0 Å². The van der Waals surface area contributed by atoms with Crippen LogP contribution in [0.1, 0.15) is 44.6 Å². The summed E-state index contributed by atoms with van der Waals surface area (Å²) in [7, 11) is 0. The first kappa shape index (κ1) is 14.9. The normalized spacial score (nSPS) is 16.5. The second kappa shape index (κ2) is 6.78. The van der Waals surface area contributed by atoms with E-state index in [1.54, 1.807) is 0 Å². The Morgan fingerprint density at radius 1 is 1.35 bits per heavy atom. The number of aliphatic carboxylic acids is 1. The van der Waals surface area contributed by atoms with Gasteiger partial charge in [-0.3, -0.25) is 4.79 Å². The van der Waals surface area contributed by atoms with Gasteiger partial charge in [0, 0.05) is 18.3 Å². The quantitative estimate of drug-likeness (QED) is 0.821. The van der Waals surface area contributed by atoms with Gasteiger partial charge in [0.2, 0.25) is 0 Å². The van der Waals surface area contributed by atoms with Gasteiger partial charge in [0.1, 0.15) is 0 Å². The number of benzene rings is 1. The summed E-state index contributed by atoms with van der Waals surface area (Å²) < 4.78 is 0. The second-order valence-corrected chi connectivity index (χ2v) is 6.05. The van der Waals surface area contributed by atoms with Crippen LogP contribution >= 0.6 is 0 Å². The molecular formula is C17H25NO2. The van der Waals surface area contributed by atoms with E-state index in [9.17, 15) is 4.79 Å². The topological polar surface area (TPSA) is 40.5 Å². The number of carbonyl (C=O) groups is 1. The molecule has 0 saturated heterocycles. The van der Waals surface area contributed by atoms with E-state index in [0.29, 0.717) is 12.6 Å². The zero-order chi connectivity index (χ0) is 14.5. The van der Waals surface area contributed by atoms with Crippen LogP contribution in [-0.4, -0.2) is 23.7 Å². The van der Waals surface area contributed by atoms with E-state index in [1.165, 1.54) is 31.2 Å². The summed E-state index contributed by atoms with van der Waals surface area (Å²) in [5.41, 5.74) is 2.38. The van der Waals surface area contributed by atoms with Crippen LogP contribution in [0.25, 0.3) is 0 Å². The van der Waals surface area contributed by atoms with Crippen molar-refractivity contribution in [2.24, 2.45) is 5.92 Å². The summed E-state index contributed by atoms with van der Waals surface area (Å²) in [6.45, 7) is 4.88. The fraction of sp³-hybridized carbons (Fsp3) is 0.588. The summed E-state index contributed by atoms with van der Waals surface area (Å²) in [6, 6.07) is 8.81. The number of anilines is 1. The SMILES string of the molecule is Cc1ccc(N(CCC(=O)O)C(C)CC2CCC2)cc1. The molecule has 0 spiro atoms. The maximum Gasteiger partial charge on any atom is 0.305 e. The maximum atomic E-state index is 10.9. The van der Waals surface area contributed by atoms with Crippen molar-refractivity contribution in [2.45, 2.75) is 52.0 Å². The molecule has 1 N–H and O–H groups in total. The number of hydrogen-bond acceptors (Lipinski definition) is 2. The number of aryl methyl sites for hydroxylation is 1. The molecule has 1 aliphatic carbocycles. The van der Waals surface area contributed by atoms with Crippen LogP contribution in [-0.2, 0) is 4.79 Å². The zero-order valence-electron chi connectivity index (χ0n) is 12.5. The molecule has 20 heavy (non-hydrogen) atoms. The van der Waals surface area contributed by atoms with Crippen LogP contribution < -0.4 is 4.90 Å². The maximum absolute atomic E-state index is 10.9. The molecule has 0 aliphatic heterocycles. The minimum absolute atomic E-state index is 0.197. The fourth-order valence-corrected chi connectivity index (χ4v) is 2.89. The second-order valence-electron chi connectivity index (χ2n) is 6.05. The molecule has 1 aliphatic rings. The summed E-state index contributed by atoms with van der Waals surface area (Å²) in [5.74, 6) is 0.112. The summed E-state index contributed by atoms with van der Waals surface area (Å²) >= 11 is 0. The third-order valence-corrected chi connectivity index (χ3v) is 4.36. The van der Waals surface area contributed by atoms with Crippen LogP contribution in [0.5, 0.6) is 0 Å². The molecule has 1 saturated carbocycles. The van der Waals surface area contributed by atoms with Crippen molar-refractivity contribution in [3.05, 3.63) is 29.8 Å². The van der Waals surface area contributed by atoms with Crippen molar-refractivity contribution < 1.29 is 9.90 Å². The molecule has 1 aromatic carbocycles. The monoisotopic (exact) mass is 275 g/mol. The van der Waals surface area contributed by atoms with Gasteiger partial charge in [-0.1, -0.05) is 37.0 Å². The predicted octanol–water partition coefficient (Wildman–Crippen LogP) is 3.85. The molecule has 1 fully saturated rings. The smallest absolute Gasteiger partial charge is 0.305 e. The van der Waals surface area contributed by atoms with Crippen LogP contribution in [0.3, 0.4) is 0 Å². The lowest BCUT2D eigenvalue weighted by molar-refractivity contribution is -0.136. The highest BCUT2D eigenvalue weighted by atomic mass is 16.4. The number of carboxylic acid groups (broad SMARTS) is 1. The predicted molar refractivity (Wildman–Crippen MR) is 82.2 cm³/mol. The molecule has 0 amide bonds. The third kappa shape index (κ3) is 3.99. The van der Waals surface area contributed by atoms with E-state index in [2.05, 4.69) is 43.0 Å². The average Bonchev–Trinajstić information content (AvgIpc) is 2.36. The van der Waals surface area contributed by atoms with Crippen LogP contribution in [0.15, 0.2) is 24.3 Å². The lowest BCUT2D eigenvalue weighted by Gasteiger charge is -2.36. The highest BCUT2D eigenvalue weighted by molar-refractivity contribution is 5.67. The van der Waals surface area contributed by atoms with Gasteiger partial charge in [-0.15, -0.1) is 0 Å². The Kier molecular flexibility index (Phi) is 5.05. The average molecular weight is 275 g/mol. The van der Waals surface area contributed by atoms with Gasteiger partial charge >= 0.3 is 5.97 Å². The zero-order valence-corrected chi connectivity index (χ0v) is 12.5. The van der Waals surface area contributed by atoms with Gasteiger partial charge < -0.3 is 10.0 Å². The van der Waals surface area contributed by atoms with Crippen molar-refractivity contribution in [3.8, 4) is 0 Å². The first-order chi connectivity index (χ1) is 9.56. The number of carboxylic acids is 1. The van der Waals surface area contributed by atoms with Gasteiger partial charge in [-0.05, 0) is 38.3 Å². The molecular weight excluding hydrogens is 250 g/mol. The molecule has 3 heteroatoms. The van der Waals surface area contributed by atoms with E-state index in [4.69, 9.17) is 5.11 Å². The van der Waals surface area contributed by atoms with Gasteiger partial charge in [0.15, 0.2) is 0 Å². The first-order valence-corrected chi connectivity index (χ1v) is 7.61. The molecule has 0 aromatic heterocycles. The summed E-state index contributed by atoms with van der Waals surface area (Å²) in [4.78, 5) is 13.1. The van der Waals surface area contributed by atoms with E-state index in [1.807, 2.05) is 0 Å². The van der Waals surface area contributed by atoms with Crippen LogP contribution in [0, 0.1) is 12.8 Å². The lowest BCUT2D eigenvalue weighted by atomic mass is 9.81. The van der Waals surface area contributed by atoms with E-state index in [-0.39, 0.29) is 6.42 Å². The number of rotatable bonds is 7. The molecule has 2 rings (SSSR count). The van der Waals surface area contributed by atoms with Gasteiger partial charge in [-0.25, -0.2) is 0 Å². The molecule has 0 bridgehead atoms. The first-order valence-electron chi connectivity index (χ1n) is 7.61. The molecule has 1 aromatic rings. The lowest BCUT2D eigenvalue weighted by Crippen LogP contribution is -2.37. The van der Waals surface area contributed by atoms with Crippen molar-refractivity contribution in [2.75, 3.05) is 11.4 Å². The minimum atomic E-state index is -0.724. The highest BCUT2D eigenvalue weighted by Gasteiger charge is 2.23.